The van der Waals surface area contributed by atoms with E-state index in [1.165, 1.54) is 42.6 Å². The van der Waals surface area contributed by atoms with Gasteiger partial charge in [-0.1, -0.05) is 106 Å². The van der Waals surface area contributed by atoms with E-state index in [-0.39, 0.29) is 25.5 Å². The van der Waals surface area contributed by atoms with Crippen molar-refractivity contribution in [3.05, 3.63) is 168 Å². The number of pyridine rings is 1. The quantitative estimate of drug-likeness (QED) is 0.123. The predicted octanol–water partition coefficient (Wildman–Crippen LogP) is 14.3. The van der Waals surface area contributed by atoms with Crippen molar-refractivity contribution in [1.82, 2.24) is 14.5 Å². The molecule has 3 aromatic heterocycles. The fourth-order valence-electron chi connectivity index (χ4n) is 7.28. The molecule has 9 aromatic rings. The van der Waals surface area contributed by atoms with Crippen LogP contribution in [0.5, 0.6) is 0 Å². The Kier molecular flexibility index (Phi) is 10.9. The van der Waals surface area contributed by atoms with Gasteiger partial charge >= 0.3 is 110 Å². The standard InChI is InChI=1S/C38H33N2S.C15H18GeN.Ir/c1-24(2)26-18-20-28-29-14-11-15-30(36(29)41-35(28)22-26)37-39-32-16-9-10-17-34(32)40(37)33-21-19-27(38(3,4)5)23-31(33)25-12-7-6-8-13-25;1-12-5-7-13(8-6-12)15-10-9-14(11-17-15)16(2,3)4;/h6-14,16-24H,1-5H3;5-7,9-11H,1-4H3;/q2*-1;/i24D;1D3;. The van der Waals surface area contributed by atoms with Gasteiger partial charge in [-0.15, -0.1) is 18.2 Å². The second-order valence-electron chi connectivity index (χ2n) is 17.2. The molecule has 6 heteroatoms. The smallest absolute Gasteiger partial charge is 0 e. The Morgan fingerprint density at radius 3 is 2.27 bits per heavy atom. The molecule has 299 valence electrons. The molecule has 0 unspecified atom stereocenters. The minimum Gasteiger partial charge on any atom is 0 e. The number of aromatic nitrogens is 3. The Bertz CT molecular complexity index is 2990. The van der Waals surface area contributed by atoms with Crippen LogP contribution in [-0.4, -0.2) is 27.8 Å². The average molecular weight is 1030 g/mol. The van der Waals surface area contributed by atoms with Gasteiger partial charge in [0.2, 0.25) is 0 Å². The van der Waals surface area contributed by atoms with Crippen molar-refractivity contribution in [3.63, 3.8) is 0 Å². The minimum absolute atomic E-state index is 0. The monoisotopic (exact) mass is 1030 g/mol. The van der Waals surface area contributed by atoms with Crippen LogP contribution >= 0.6 is 11.3 Å². The SMILES string of the molecule is [2H]C(C)(C)c1ccc2c(c1)sc1c(-c3nc4ccccc4n3-c3ccc(C(C)(C)C)cc3-c3ccccc3)[c-]ccc12.[2H]C([2H])([2H])c1c[c-]c(-c2cc[c]([Ge]([CH3])([CH3])[CH3])cn2)cc1.[Ir]. The summed E-state index contributed by atoms with van der Waals surface area (Å²) in [5.74, 6) is 7.21. The van der Waals surface area contributed by atoms with Gasteiger partial charge in [0.15, 0.2) is 0 Å². The molecule has 3 heterocycles. The second kappa shape index (κ2) is 17.1. The number of nitrogens with zero attached hydrogens (tertiary/aromatic N) is 3. The zero-order valence-electron chi connectivity index (χ0n) is 38.9. The molecule has 0 aliphatic rings. The van der Waals surface area contributed by atoms with Gasteiger partial charge in [0, 0.05) is 37.4 Å². The van der Waals surface area contributed by atoms with Gasteiger partial charge in [0.25, 0.3) is 0 Å². The summed E-state index contributed by atoms with van der Waals surface area (Å²) in [4.78, 5) is 9.73. The first-order chi connectivity index (χ1) is 29.3. The van der Waals surface area contributed by atoms with Crippen LogP contribution in [0.15, 0.2) is 140 Å². The third-order valence-electron chi connectivity index (χ3n) is 10.7. The number of aryl methyl sites for hydroxylation is 1. The molecule has 59 heavy (non-hydrogen) atoms. The number of para-hydroxylation sites is 2. The third kappa shape index (κ3) is 8.81. The van der Waals surface area contributed by atoms with Crippen molar-refractivity contribution >= 4 is 60.2 Å². The molecule has 0 atom stereocenters. The molecule has 0 amide bonds. The minimum atomic E-state index is -2.08. The molecule has 1 radical (unpaired) electrons. The summed E-state index contributed by atoms with van der Waals surface area (Å²) in [5, 5.41) is 2.41. The van der Waals surface area contributed by atoms with Crippen LogP contribution in [0.1, 0.15) is 62.7 Å². The van der Waals surface area contributed by atoms with Gasteiger partial charge in [-0.2, -0.15) is 11.3 Å². The molecule has 3 nitrogen and oxygen atoms in total. The van der Waals surface area contributed by atoms with E-state index in [2.05, 4.69) is 163 Å². The summed E-state index contributed by atoms with van der Waals surface area (Å²) >= 11 is -0.0652. The van der Waals surface area contributed by atoms with E-state index in [4.69, 9.17) is 10.5 Å². The summed E-state index contributed by atoms with van der Waals surface area (Å²) in [5.41, 5.74) is 10.8. The molecular formula is C53H51GeIrN3S-2. The van der Waals surface area contributed by atoms with Crippen molar-refractivity contribution in [1.29, 1.82) is 0 Å². The second-order valence-corrected chi connectivity index (χ2v) is 28.9. The fraction of sp³-hybridized carbons (Fsp3) is 0.208. The third-order valence-corrected chi connectivity index (χ3v) is 16.1. The molecule has 0 aliphatic carbocycles. The number of benzene rings is 6. The maximum absolute atomic E-state index is 8.57. The molecule has 0 N–H and O–H groups in total. The fourth-order valence-corrected chi connectivity index (χ4v) is 10.7. The van der Waals surface area contributed by atoms with Crippen molar-refractivity contribution in [3.8, 4) is 39.5 Å². The first-order valence-corrected chi connectivity index (χ1v) is 28.0. The average Bonchev–Trinajstić information content (AvgIpc) is 3.81. The van der Waals surface area contributed by atoms with Gasteiger partial charge in [-0.25, -0.2) is 0 Å². The predicted molar refractivity (Wildman–Crippen MR) is 253 cm³/mol. The van der Waals surface area contributed by atoms with Crippen LogP contribution in [0.25, 0.3) is 70.7 Å². The Morgan fingerprint density at radius 1 is 0.814 bits per heavy atom. The van der Waals surface area contributed by atoms with E-state index >= 15 is 0 Å². The largest absolute Gasteiger partial charge is 0 e. The summed E-state index contributed by atoms with van der Waals surface area (Å²) in [6.45, 7) is 8.60. The molecule has 0 saturated carbocycles. The van der Waals surface area contributed by atoms with E-state index in [1.54, 1.807) is 23.5 Å². The Morgan fingerprint density at radius 2 is 1.59 bits per heavy atom. The number of thiophene rings is 1. The van der Waals surface area contributed by atoms with Crippen LogP contribution in [0.2, 0.25) is 17.3 Å². The normalized spacial score (nSPS) is 13.2. The van der Waals surface area contributed by atoms with E-state index in [9.17, 15) is 0 Å². The summed E-state index contributed by atoms with van der Waals surface area (Å²) in [7, 11) is 0. The first kappa shape index (κ1) is 37.4. The van der Waals surface area contributed by atoms with Gasteiger partial charge in [0.1, 0.15) is 0 Å². The van der Waals surface area contributed by atoms with Crippen LogP contribution in [0, 0.1) is 19.0 Å². The Labute approximate surface area is 375 Å². The van der Waals surface area contributed by atoms with Crippen LogP contribution in [0.4, 0.5) is 0 Å². The molecule has 0 saturated heterocycles. The Balaban J connectivity index is 0.000000239. The molecule has 9 rings (SSSR count). The van der Waals surface area contributed by atoms with Crippen molar-refractivity contribution in [2.24, 2.45) is 0 Å². The van der Waals surface area contributed by atoms with Crippen molar-refractivity contribution < 1.29 is 25.6 Å². The molecule has 0 spiro atoms. The van der Waals surface area contributed by atoms with Crippen LogP contribution < -0.4 is 4.40 Å². The van der Waals surface area contributed by atoms with E-state index in [1.807, 2.05) is 32.2 Å². The zero-order valence-corrected chi connectivity index (χ0v) is 40.2. The zero-order chi connectivity index (χ0) is 44.2. The number of hydrogen-bond donors (Lipinski definition) is 0. The van der Waals surface area contributed by atoms with Gasteiger partial charge < -0.3 is 4.57 Å². The number of hydrogen-bond acceptors (Lipinski definition) is 3. The first-order valence-electron chi connectivity index (χ1n) is 21.8. The van der Waals surface area contributed by atoms with Gasteiger partial charge in [0.05, 0.1) is 16.9 Å². The molecule has 6 aromatic carbocycles. The topological polar surface area (TPSA) is 30.7 Å². The maximum Gasteiger partial charge on any atom is 0 e. The molecule has 0 bridgehead atoms. The van der Waals surface area contributed by atoms with E-state index < -0.39 is 26.0 Å². The molecule has 0 aliphatic heterocycles. The summed E-state index contributed by atoms with van der Waals surface area (Å²) < 4.78 is 36.6. The van der Waals surface area contributed by atoms with Gasteiger partial charge in [-0.3, -0.25) is 4.98 Å². The molecule has 0 fully saturated rings. The molecular weight excluding hydrogens is 975 g/mol. The summed E-state index contributed by atoms with van der Waals surface area (Å²) in [6.07, 6.45) is 1.95. The number of fused-ring (bicyclic) bond motifs is 4. The van der Waals surface area contributed by atoms with E-state index in [0.717, 1.165) is 49.6 Å². The van der Waals surface area contributed by atoms with E-state index in [0.29, 0.717) is 5.56 Å². The van der Waals surface area contributed by atoms with Crippen LogP contribution in [0.3, 0.4) is 0 Å². The van der Waals surface area contributed by atoms with Crippen molar-refractivity contribution in [2.75, 3.05) is 0 Å². The number of imidazole rings is 1. The maximum atomic E-state index is 8.57. The summed E-state index contributed by atoms with van der Waals surface area (Å²) in [6, 6.07) is 52.2. The number of rotatable bonds is 6. The van der Waals surface area contributed by atoms with Crippen LogP contribution in [-0.2, 0) is 25.5 Å². The van der Waals surface area contributed by atoms with Gasteiger partial charge in [-0.05, 0) is 68.4 Å². The Hall–Kier alpha value is -4.65. The van der Waals surface area contributed by atoms with Crippen molar-refractivity contribution in [2.45, 2.75) is 70.0 Å².